The fourth-order valence-electron chi connectivity index (χ4n) is 3.85. The summed E-state index contributed by atoms with van der Waals surface area (Å²) < 4.78 is 5.53. The van der Waals surface area contributed by atoms with E-state index in [1.165, 1.54) is 22.3 Å². The van der Waals surface area contributed by atoms with Crippen LogP contribution in [0.25, 0.3) is 17.2 Å². The molecule has 0 atom stereocenters. The quantitative estimate of drug-likeness (QED) is 0.550. The molecule has 1 amide bonds. The monoisotopic (exact) mass is 403 g/mol. The van der Waals surface area contributed by atoms with Gasteiger partial charge in [0.25, 0.3) is 0 Å². The molecule has 3 aromatic carbocycles. The lowest BCUT2D eigenvalue weighted by atomic mass is 9.98. The predicted octanol–water partition coefficient (Wildman–Crippen LogP) is 6.20. The molecule has 0 aromatic heterocycles. The predicted molar refractivity (Wildman–Crippen MR) is 118 cm³/mol. The Morgan fingerprint density at radius 3 is 2.34 bits per heavy atom. The van der Waals surface area contributed by atoms with E-state index in [0.29, 0.717) is 18.2 Å². The zero-order chi connectivity index (χ0) is 20.2. The Balaban J connectivity index is 1.34. The van der Waals surface area contributed by atoms with Crippen molar-refractivity contribution < 1.29 is 9.53 Å². The van der Waals surface area contributed by atoms with Crippen molar-refractivity contribution in [1.82, 2.24) is 5.32 Å². The van der Waals surface area contributed by atoms with Crippen LogP contribution in [0.3, 0.4) is 0 Å². The van der Waals surface area contributed by atoms with Crippen LogP contribution in [0.15, 0.2) is 72.8 Å². The molecule has 1 aliphatic carbocycles. The Morgan fingerprint density at radius 2 is 1.69 bits per heavy atom. The van der Waals surface area contributed by atoms with Gasteiger partial charge in [-0.25, -0.2) is 4.79 Å². The molecule has 0 aliphatic heterocycles. The van der Waals surface area contributed by atoms with Crippen LogP contribution in [-0.2, 0) is 4.74 Å². The van der Waals surface area contributed by atoms with Gasteiger partial charge in [0.1, 0.15) is 6.61 Å². The third kappa shape index (κ3) is 4.36. The van der Waals surface area contributed by atoms with Gasteiger partial charge >= 0.3 is 6.09 Å². The highest BCUT2D eigenvalue weighted by Crippen LogP contribution is 2.44. The molecule has 29 heavy (non-hydrogen) atoms. The van der Waals surface area contributed by atoms with Gasteiger partial charge in [0.2, 0.25) is 0 Å². The Hall–Kier alpha value is -3.04. The number of rotatable bonds is 5. The molecular weight excluding hydrogens is 382 g/mol. The molecule has 1 N–H and O–H groups in total. The van der Waals surface area contributed by atoms with Crippen LogP contribution in [0.2, 0.25) is 5.02 Å². The molecule has 0 radical (unpaired) electrons. The number of nitrogens with one attached hydrogen (secondary N) is 1. The molecule has 3 nitrogen and oxygen atoms in total. The number of benzene rings is 3. The summed E-state index contributed by atoms with van der Waals surface area (Å²) in [5.74, 6) is 0.0677. The minimum Gasteiger partial charge on any atom is -0.449 e. The summed E-state index contributed by atoms with van der Waals surface area (Å²) in [6.45, 7) is 2.71. The minimum atomic E-state index is -0.418. The van der Waals surface area contributed by atoms with Gasteiger partial charge in [-0.15, -0.1) is 0 Å². The molecule has 0 saturated heterocycles. The maximum absolute atomic E-state index is 12.2. The highest BCUT2D eigenvalue weighted by Gasteiger charge is 2.28. The van der Waals surface area contributed by atoms with Crippen LogP contribution in [-0.4, -0.2) is 19.2 Å². The second-order valence-electron chi connectivity index (χ2n) is 7.17. The second-order valence-corrected chi connectivity index (χ2v) is 7.61. The molecule has 4 heteroatoms. The summed E-state index contributed by atoms with van der Waals surface area (Å²) >= 11 is 6.07. The fourth-order valence-corrected chi connectivity index (χ4v) is 4.15. The first kappa shape index (κ1) is 19.3. The Kier molecular flexibility index (Phi) is 5.68. The van der Waals surface area contributed by atoms with Gasteiger partial charge in [0.05, 0.1) is 0 Å². The van der Waals surface area contributed by atoms with Crippen molar-refractivity contribution in [2.45, 2.75) is 12.8 Å². The van der Waals surface area contributed by atoms with Crippen molar-refractivity contribution >= 4 is 23.8 Å². The zero-order valence-corrected chi connectivity index (χ0v) is 16.9. The Labute approximate surface area is 176 Å². The number of ether oxygens (including phenoxy) is 1. The molecule has 0 fully saturated rings. The third-order valence-corrected chi connectivity index (χ3v) is 5.30. The molecule has 0 heterocycles. The van der Waals surface area contributed by atoms with E-state index in [1.54, 1.807) is 0 Å². The molecular formula is C25H22ClNO2. The molecule has 0 unspecified atom stereocenters. The van der Waals surface area contributed by atoms with Gasteiger partial charge < -0.3 is 10.1 Å². The van der Waals surface area contributed by atoms with Crippen LogP contribution in [0.1, 0.15) is 28.2 Å². The highest BCUT2D eigenvalue weighted by molar-refractivity contribution is 6.30. The van der Waals surface area contributed by atoms with E-state index in [9.17, 15) is 4.79 Å². The van der Waals surface area contributed by atoms with Crippen molar-refractivity contribution in [3.05, 3.63) is 100 Å². The lowest BCUT2D eigenvalue weighted by Crippen LogP contribution is -2.26. The third-order valence-electron chi connectivity index (χ3n) is 5.08. The summed E-state index contributed by atoms with van der Waals surface area (Å²) in [7, 11) is 0. The number of fused-ring (bicyclic) bond motifs is 3. The molecule has 0 saturated carbocycles. The Morgan fingerprint density at radius 1 is 1.03 bits per heavy atom. The molecule has 0 bridgehead atoms. The van der Waals surface area contributed by atoms with E-state index in [0.717, 1.165) is 11.1 Å². The van der Waals surface area contributed by atoms with E-state index in [1.807, 2.05) is 61.5 Å². The molecule has 0 spiro atoms. The smallest absolute Gasteiger partial charge is 0.407 e. The van der Waals surface area contributed by atoms with Gasteiger partial charge in [-0.3, -0.25) is 0 Å². The van der Waals surface area contributed by atoms with Gasteiger partial charge in [-0.05, 0) is 52.4 Å². The molecule has 3 aromatic rings. The van der Waals surface area contributed by atoms with Gasteiger partial charge in [0.15, 0.2) is 0 Å². The van der Waals surface area contributed by atoms with E-state index < -0.39 is 6.09 Å². The van der Waals surface area contributed by atoms with Crippen LogP contribution in [0.4, 0.5) is 4.79 Å². The summed E-state index contributed by atoms with van der Waals surface area (Å²) in [6, 6.07) is 22.4. The summed E-state index contributed by atoms with van der Waals surface area (Å²) in [5.41, 5.74) is 6.95. The average molecular weight is 404 g/mol. The van der Waals surface area contributed by atoms with Crippen LogP contribution in [0, 0.1) is 6.92 Å². The summed E-state index contributed by atoms with van der Waals surface area (Å²) in [4.78, 5) is 12.2. The number of halogens is 1. The maximum Gasteiger partial charge on any atom is 0.407 e. The van der Waals surface area contributed by atoms with Crippen molar-refractivity contribution in [2.24, 2.45) is 0 Å². The standard InChI is InChI=1S/C25H22ClNO2/c1-17-13-18(15-19(26)14-17)7-6-12-27-25(28)29-16-24-22-10-4-2-8-20(22)21-9-3-5-11-23(21)24/h2-11,13-15,24H,12,16H2,1H3,(H,27,28). The average Bonchev–Trinajstić information content (AvgIpc) is 3.03. The largest absolute Gasteiger partial charge is 0.449 e. The number of hydrogen-bond donors (Lipinski definition) is 1. The SMILES string of the molecule is Cc1cc(Cl)cc(C=CCNC(=O)OCC2c3ccccc3-c3ccccc32)c1. The number of amides is 1. The van der Waals surface area contributed by atoms with Crippen molar-refractivity contribution in [2.75, 3.05) is 13.2 Å². The first-order chi connectivity index (χ1) is 14.1. The van der Waals surface area contributed by atoms with Gasteiger partial charge in [-0.2, -0.15) is 0 Å². The van der Waals surface area contributed by atoms with E-state index >= 15 is 0 Å². The Bertz CT molecular complexity index is 1010. The topological polar surface area (TPSA) is 38.3 Å². The first-order valence-corrected chi connectivity index (χ1v) is 10.0. The number of carbonyl (C=O) groups excluding carboxylic acids is 1. The molecule has 146 valence electrons. The second kappa shape index (κ2) is 8.54. The van der Waals surface area contributed by atoms with Crippen molar-refractivity contribution in [3.63, 3.8) is 0 Å². The van der Waals surface area contributed by atoms with Gasteiger partial charge in [0, 0.05) is 17.5 Å². The van der Waals surface area contributed by atoms with Crippen LogP contribution in [0.5, 0.6) is 0 Å². The lowest BCUT2D eigenvalue weighted by Gasteiger charge is -2.14. The normalized spacial score (nSPS) is 12.6. The van der Waals surface area contributed by atoms with Crippen molar-refractivity contribution in [1.29, 1.82) is 0 Å². The first-order valence-electron chi connectivity index (χ1n) is 9.64. The van der Waals surface area contributed by atoms with Gasteiger partial charge in [-0.1, -0.05) is 78.4 Å². The number of hydrogen-bond acceptors (Lipinski definition) is 2. The summed E-state index contributed by atoms with van der Waals surface area (Å²) in [5, 5.41) is 3.48. The number of carbonyl (C=O) groups is 1. The lowest BCUT2D eigenvalue weighted by molar-refractivity contribution is 0.144. The number of aryl methyl sites for hydroxylation is 1. The fraction of sp³-hybridized carbons (Fsp3) is 0.160. The van der Waals surface area contributed by atoms with Crippen LogP contribution >= 0.6 is 11.6 Å². The maximum atomic E-state index is 12.2. The summed E-state index contributed by atoms with van der Waals surface area (Å²) in [6.07, 6.45) is 3.40. The minimum absolute atomic E-state index is 0.0677. The number of alkyl carbamates (subject to hydrolysis) is 1. The van der Waals surface area contributed by atoms with Crippen molar-refractivity contribution in [3.8, 4) is 11.1 Å². The van der Waals surface area contributed by atoms with E-state index in [-0.39, 0.29) is 5.92 Å². The van der Waals surface area contributed by atoms with E-state index in [4.69, 9.17) is 16.3 Å². The van der Waals surface area contributed by atoms with Crippen LogP contribution < -0.4 is 5.32 Å². The highest BCUT2D eigenvalue weighted by atomic mass is 35.5. The molecule has 4 rings (SSSR count). The molecule has 1 aliphatic rings. The van der Waals surface area contributed by atoms with E-state index in [2.05, 4.69) is 29.6 Å². The zero-order valence-electron chi connectivity index (χ0n) is 16.2.